The summed E-state index contributed by atoms with van der Waals surface area (Å²) in [6.07, 6.45) is 0.409. The maximum atomic E-state index is 11.8. The van der Waals surface area contributed by atoms with Gasteiger partial charge >= 0.3 is 0 Å². The van der Waals surface area contributed by atoms with Gasteiger partial charge in [-0.3, -0.25) is 4.79 Å². The molecule has 1 amide bonds. The van der Waals surface area contributed by atoms with E-state index in [9.17, 15) is 13.2 Å². The Bertz CT molecular complexity index is 410. The number of amides is 1. The van der Waals surface area contributed by atoms with E-state index in [1.807, 2.05) is 6.07 Å². The van der Waals surface area contributed by atoms with Gasteiger partial charge in [-0.05, 0) is 13.3 Å². The normalized spacial score (nSPS) is 24.7. The van der Waals surface area contributed by atoms with Crippen LogP contribution in [0.2, 0.25) is 0 Å². The summed E-state index contributed by atoms with van der Waals surface area (Å²) in [5.74, 6) is -0.752. The van der Waals surface area contributed by atoms with Gasteiger partial charge in [0.2, 0.25) is 5.91 Å². The highest BCUT2D eigenvalue weighted by Gasteiger charge is 2.34. The minimum absolute atomic E-state index is 0.0445. The van der Waals surface area contributed by atoms with Gasteiger partial charge in [0.05, 0.1) is 29.4 Å². The first-order valence-electron chi connectivity index (χ1n) is 5.20. The molecule has 1 fully saturated rings. The van der Waals surface area contributed by atoms with Crippen molar-refractivity contribution >= 4 is 15.7 Å². The van der Waals surface area contributed by atoms with E-state index in [0.717, 1.165) is 0 Å². The number of sulfone groups is 1. The van der Waals surface area contributed by atoms with E-state index in [1.165, 1.54) is 4.90 Å². The second-order valence-corrected chi connectivity index (χ2v) is 6.58. The minimum atomic E-state index is -3.02. The third-order valence-corrected chi connectivity index (χ3v) is 4.49. The Morgan fingerprint density at radius 2 is 2.25 bits per heavy atom. The van der Waals surface area contributed by atoms with Crippen molar-refractivity contribution in [1.29, 1.82) is 5.26 Å². The fourth-order valence-electron chi connectivity index (χ4n) is 1.84. The monoisotopic (exact) mass is 244 g/mol. The highest BCUT2D eigenvalue weighted by Crippen LogP contribution is 2.20. The van der Waals surface area contributed by atoms with Crippen molar-refractivity contribution in [3.63, 3.8) is 0 Å². The molecular formula is C10H16N2O3S. The van der Waals surface area contributed by atoms with E-state index in [1.54, 1.807) is 14.0 Å². The molecule has 2 atom stereocenters. The van der Waals surface area contributed by atoms with Gasteiger partial charge in [0.1, 0.15) is 0 Å². The number of nitriles is 1. The van der Waals surface area contributed by atoms with Crippen molar-refractivity contribution in [3.05, 3.63) is 0 Å². The van der Waals surface area contributed by atoms with Crippen LogP contribution in [0.5, 0.6) is 0 Å². The van der Waals surface area contributed by atoms with Crippen LogP contribution in [0, 0.1) is 23.2 Å². The molecule has 0 aromatic rings. The summed E-state index contributed by atoms with van der Waals surface area (Å²) in [6, 6.07) is 2.05. The van der Waals surface area contributed by atoms with Crippen LogP contribution in [-0.2, 0) is 14.6 Å². The van der Waals surface area contributed by atoms with Crippen LogP contribution in [0.4, 0.5) is 0 Å². The van der Waals surface area contributed by atoms with Crippen LogP contribution in [0.1, 0.15) is 13.3 Å². The first-order valence-corrected chi connectivity index (χ1v) is 7.03. The molecule has 2 unspecified atom stereocenters. The third kappa shape index (κ3) is 3.20. The molecule has 0 aromatic heterocycles. The largest absolute Gasteiger partial charge is 0.344 e. The smallest absolute Gasteiger partial charge is 0.226 e. The molecule has 1 saturated heterocycles. The molecule has 90 valence electrons. The predicted molar refractivity (Wildman–Crippen MR) is 59.2 cm³/mol. The van der Waals surface area contributed by atoms with E-state index in [4.69, 9.17) is 5.26 Å². The zero-order chi connectivity index (χ0) is 12.3. The molecule has 6 heteroatoms. The van der Waals surface area contributed by atoms with Gasteiger partial charge in [0.25, 0.3) is 0 Å². The molecule has 1 aliphatic rings. The zero-order valence-electron chi connectivity index (χ0n) is 9.51. The Hall–Kier alpha value is -1.09. The Morgan fingerprint density at radius 1 is 1.62 bits per heavy atom. The second kappa shape index (κ2) is 4.83. The number of nitrogens with zero attached hydrogens (tertiary/aromatic N) is 2. The van der Waals surface area contributed by atoms with Crippen molar-refractivity contribution in [2.24, 2.45) is 11.8 Å². The number of carbonyl (C=O) groups excluding carboxylic acids is 1. The predicted octanol–water partition coefficient (Wildman–Crippen LogP) is 0.0392. The maximum absolute atomic E-state index is 11.8. The van der Waals surface area contributed by atoms with Gasteiger partial charge in [-0.1, -0.05) is 0 Å². The lowest BCUT2D eigenvalue weighted by atomic mass is 10.1. The molecule has 0 saturated carbocycles. The van der Waals surface area contributed by atoms with Gasteiger partial charge in [0.15, 0.2) is 9.84 Å². The summed E-state index contributed by atoms with van der Waals surface area (Å²) in [5, 5.41) is 8.63. The highest BCUT2D eigenvalue weighted by atomic mass is 32.2. The Morgan fingerprint density at radius 3 is 2.69 bits per heavy atom. The molecule has 5 nitrogen and oxygen atoms in total. The zero-order valence-corrected chi connectivity index (χ0v) is 10.3. The van der Waals surface area contributed by atoms with E-state index in [2.05, 4.69) is 0 Å². The number of carbonyl (C=O) groups is 1. The quantitative estimate of drug-likeness (QED) is 0.702. The summed E-state index contributed by atoms with van der Waals surface area (Å²) >= 11 is 0. The van der Waals surface area contributed by atoms with Crippen LogP contribution < -0.4 is 0 Å². The van der Waals surface area contributed by atoms with Crippen molar-refractivity contribution < 1.29 is 13.2 Å². The molecule has 0 spiro atoms. The van der Waals surface area contributed by atoms with Crippen LogP contribution in [-0.4, -0.2) is 44.3 Å². The molecule has 0 radical (unpaired) electrons. The van der Waals surface area contributed by atoms with E-state index in [-0.39, 0.29) is 23.3 Å². The first kappa shape index (κ1) is 13.0. The standard InChI is InChI=1S/C10H16N2O3S/c1-8(5-11)6-12(2)10(13)9-3-4-16(14,15)7-9/h8-9H,3-4,6-7H2,1-2H3. The number of hydrogen-bond acceptors (Lipinski definition) is 4. The molecule has 16 heavy (non-hydrogen) atoms. The summed E-state index contributed by atoms with van der Waals surface area (Å²) in [4.78, 5) is 13.3. The van der Waals surface area contributed by atoms with Crippen molar-refractivity contribution in [2.75, 3.05) is 25.1 Å². The Balaban J connectivity index is 2.56. The minimum Gasteiger partial charge on any atom is -0.344 e. The SMILES string of the molecule is CC(C#N)CN(C)C(=O)C1CCS(=O)(=O)C1. The average molecular weight is 244 g/mol. The van der Waals surface area contributed by atoms with Crippen LogP contribution in [0.15, 0.2) is 0 Å². The summed E-state index contributed by atoms with van der Waals surface area (Å²) in [7, 11) is -1.41. The van der Waals surface area contributed by atoms with Gasteiger partial charge in [-0.2, -0.15) is 5.26 Å². The highest BCUT2D eigenvalue weighted by molar-refractivity contribution is 7.91. The van der Waals surface area contributed by atoms with E-state index in [0.29, 0.717) is 13.0 Å². The molecule has 1 rings (SSSR count). The molecule has 0 aromatic carbocycles. The average Bonchev–Trinajstić information content (AvgIpc) is 2.57. The molecule has 1 aliphatic heterocycles. The van der Waals surface area contributed by atoms with Gasteiger partial charge < -0.3 is 4.90 Å². The van der Waals surface area contributed by atoms with Gasteiger partial charge in [-0.15, -0.1) is 0 Å². The number of rotatable bonds is 3. The molecule has 0 bridgehead atoms. The van der Waals surface area contributed by atoms with Crippen LogP contribution in [0.3, 0.4) is 0 Å². The van der Waals surface area contributed by atoms with Crippen LogP contribution >= 0.6 is 0 Å². The fourth-order valence-corrected chi connectivity index (χ4v) is 3.58. The Labute approximate surface area is 96.0 Å². The topological polar surface area (TPSA) is 78.2 Å². The lowest BCUT2D eigenvalue weighted by Crippen LogP contribution is -2.36. The summed E-state index contributed by atoms with van der Waals surface area (Å²) in [5.41, 5.74) is 0. The lowest BCUT2D eigenvalue weighted by molar-refractivity contribution is -0.133. The maximum Gasteiger partial charge on any atom is 0.226 e. The molecule has 1 heterocycles. The summed E-state index contributed by atoms with van der Waals surface area (Å²) in [6.45, 7) is 2.08. The van der Waals surface area contributed by atoms with Crippen molar-refractivity contribution in [3.8, 4) is 6.07 Å². The van der Waals surface area contributed by atoms with E-state index < -0.39 is 15.8 Å². The van der Waals surface area contributed by atoms with Gasteiger partial charge in [0, 0.05) is 13.6 Å². The second-order valence-electron chi connectivity index (χ2n) is 4.35. The molecular weight excluding hydrogens is 228 g/mol. The van der Waals surface area contributed by atoms with Crippen molar-refractivity contribution in [1.82, 2.24) is 4.90 Å². The van der Waals surface area contributed by atoms with E-state index >= 15 is 0 Å². The fraction of sp³-hybridized carbons (Fsp3) is 0.800. The van der Waals surface area contributed by atoms with Crippen molar-refractivity contribution in [2.45, 2.75) is 13.3 Å². The van der Waals surface area contributed by atoms with Crippen LogP contribution in [0.25, 0.3) is 0 Å². The van der Waals surface area contributed by atoms with Gasteiger partial charge in [-0.25, -0.2) is 8.42 Å². The number of hydrogen-bond donors (Lipinski definition) is 0. The molecule has 0 N–H and O–H groups in total. The lowest BCUT2D eigenvalue weighted by Gasteiger charge is -2.21. The molecule has 0 aliphatic carbocycles. The third-order valence-electron chi connectivity index (χ3n) is 2.73. The first-order chi connectivity index (χ1) is 7.35. The Kier molecular flexibility index (Phi) is 3.92. The summed E-state index contributed by atoms with van der Waals surface area (Å²) < 4.78 is 22.4.